The van der Waals surface area contributed by atoms with E-state index in [1.807, 2.05) is 17.0 Å². The van der Waals surface area contributed by atoms with Crippen LogP contribution in [0, 0.1) is 28.6 Å². The number of hydrogen-bond donors (Lipinski definition) is 0. The number of alkyl halides is 24. The van der Waals surface area contributed by atoms with Crippen LogP contribution in [0.5, 0.6) is 0 Å². The maximum Gasteiger partial charge on any atom is 0.416 e. The van der Waals surface area contributed by atoms with Gasteiger partial charge in [0.05, 0.1) is 56.9 Å². The molecule has 0 saturated heterocycles. The standard InChI is InChI=1S/C32H12BF24.C15H17N4/c34-25(35,36)13-1-14(26(37,38)39)6-21(5-13)33(22-7-15(27(40,41)42)2-16(8-22)28(43,44)45,23-9-17(29(46,47)48)3-18(10-23)30(49,50)51)24-11-19(31(52,53)54)4-20(12-24)32(55,56)57;16-10-14(11-17)15(13-4-2-1-3-5-13)12-19-8-6-18-7-9-19/h1-12H;6-9,13H,1-5,12H2/q-1;+1. The Kier molecular flexibility index (Phi) is 16.7. The van der Waals surface area contributed by atoms with Crippen molar-refractivity contribution < 1.29 is 110 Å². The summed E-state index contributed by atoms with van der Waals surface area (Å²) in [6.45, 7) is 0.615. The summed E-state index contributed by atoms with van der Waals surface area (Å²) in [4.78, 5) is 3.98. The number of allylic oxidation sites excluding steroid dienone is 2. The van der Waals surface area contributed by atoms with E-state index in [-0.39, 0.29) is 5.57 Å². The van der Waals surface area contributed by atoms with Gasteiger partial charge in [0.15, 0.2) is 18.9 Å². The molecule has 1 aliphatic carbocycles. The fourth-order valence-electron chi connectivity index (χ4n) is 8.75. The monoisotopic (exact) mass is 1120 g/mol. The van der Waals surface area contributed by atoms with Gasteiger partial charge in [-0.25, -0.2) is 0 Å². The first-order valence-electron chi connectivity index (χ1n) is 21.3. The molecule has 0 radical (unpaired) electrons. The highest BCUT2D eigenvalue weighted by molar-refractivity contribution is 7.20. The van der Waals surface area contributed by atoms with Gasteiger partial charge in [0.25, 0.3) is 0 Å². The maximum atomic E-state index is 14.2. The van der Waals surface area contributed by atoms with Crippen LogP contribution in [0.25, 0.3) is 0 Å². The minimum atomic E-state index is -6.13. The molecular formula is C47H29BF24N4. The number of nitrogens with zero attached hydrogens (tertiary/aromatic N) is 4. The molecule has 0 bridgehead atoms. The first-order valence-corrected chi connectivity index (χ1v) is 21.3. The van der Waals surface area contributed by atoms with Gasteiger partial charge in [-0.1, -0.05) is 67.8 Å². The largest absolute Gasteiger partial charge is 0.416 e. The first-order chi connectivity index (χ1) is 34.6. The van der Waals surface area contributed by atoms with Crippen molar-refractivity contribution >= 4 is 28.0 Å². The van der Waals surface area contributed by atoms with E-state index in [2.05, 4.69) is 17.1 Å². The molecule has 408 valence electrons. The SMILES string of the molecule is FC(F)(F)c1cc([B-](c2cc(C(F)(F)F)cc(C(F)(F)F)c2)(c2cc(C(F)(F)F)cc(C(F)(F)F)c2)c2cc(C(F)(F)F)cc(C(F)(F)F)c2)cc(C(F)(F)F)c1.N#CC(C#N)=C(C[n+]1ccncc1)C1CCCCC1. The number of nitriles is 2. The summed E-state index contributed by atoms with van der Waals surface area (Å²) in [5.74, 6) is 0.378. The van der Waals surface area contributed by atoms with Crippen LogP contribution in [0.2, 0.25) is 0 Å². The summed E-state index contributed by atoms with van der Waals surface area (Å²) in [6, 6.07) is -4.69. The zero-order chi connectivity index (χ0) is 57.4. The number of rotatable bonds is 7. The lowest BCUT2D eigenvalue weighted by Gasteiger charge is -2.46. The summed E-state index contributed by atoms with van der Waals surface area (Å²) in [6.07, 6.45) is -41.8. The van der Waals surface area contributed by atoms with Gasteiger partial charge in [-0.15, -0.1) is 0 Å². The summed E-state index contributed by atoms with van der Waals surface area (Å²) in [5, 5.41) is 18.3. The van der Waals surface area contributed by atoms with E-state index >= 15 is 0 Å². The van der Waals surface area contributed by atoms with Crippen LogP contribution < -0.4 is 26.4 Å². The molecule has 0 atom stereocenters. The number of benzene rings is 4. The van der Waals surface area contributed by atoms with Crippen molar-refractivity contribution in [3.05, 3.63) is 153 Å². The normalized spacial score (nSPS) is 14.6. The molecule has 0 unspecified atom stereocenters. The van der Waals surface area contributed by atoms with Crippen molar-refractivity contribution in [3.63, 3.8) is 0 Å². The van der Waals surface area contributed by atoms with Crippen LogP contribution in [0.1, 0.15) is 76.6 Å². The number of aromatic nitrogens is 2. The highest BCUT2D eigenvalue weighted by Crippen LogP contribution is 2.42. The van der Waals surface area contributed by atoms with Crippen molar-refractivity contribution in [1.82, 2.24) is 4.98 Å². The molecule has 0 N–H and O–H groups in total. The summed E-state index contributed by atoms with van der Waals surface area (Å²) in [7, 11) is 0. The van der Waals surface area contributed by atoms with Gasteiger partial charge in [-0.05, 0) is 43.0 Å². The maximum absolute atomic E-state index is 14.2. The summed E-state index contributed by atoms with van der Waals surface area (Å²) < 4.78 is 343. The summed E-state index contributed by atoms with van der Waals surface area (Å²) >= 11 is 0. The predicted octanol–water partition coefficient (Wildman–Crippen LogP) is 13.5. The molecule has 0 aliphatic heterocycles. The van der Waals surface area contributed by atoms with Gasteiger partial charge >= 0.3 is 49.4 Å². The van der Waals surface area contributed by atoms with E-state index in [0.29, 0.717) is 12.5 Å². The predicted molar refractivity (Wildman–Crippen MR) is 219 cm³/mol. The van der Waals surface area contributed by atoms with E-state index < -0.39 is 195 Å². The minimum absolute atomic E-state index is 0.288. The van der Waals surface area contributed by atoms with Gasteiger partial charge in [-0.2, -0.15) is 142 Å². The Hall–Kier alpha value is -6.94. The van der Waals surface area contributed by atoms with Gasteiger partial charge < -0.3 is 0 Å². The molecule has 1 saturated carbocycles. The fraction of sp³-hybridized carbons (Fsp3) is 0.319. The van der Waals surface area contributed by atoms with Crippen molar-refractivity contribution in [2.24, 2.45) is 5.92 Å². The van der Waals surface area contributed by atoms with E-state index in [0.717, 1.165) is 18.4 Å². The van der Waals surface area contributed by atoms with Crippen LogP contribution in [0.15, 0.2) is 109 Å². The Morgan fingerprint density at radius 2 is 0.645 bits per heavy atom. The van der Waals surface area contributed by atoms with Crippen molar-refractivity contribution in [2.45, 2.75) is 88.1 Å². The molecule has 1 aromatic heterocycles. The lowest BCUT2D eigenvalue weighted by molar-refractivity contribution is -0.690. The number of hydrogen-bond acceptors (Lipinski definition) is 3. The van der Waals surface area contributed by atoms with Crippen molar-refractivity contribution in [1.29, 1.82) is 10.5 Å². The molecule has 29 heteroatoms. The van der Waals surface area contributed by atoms with E-state index in [1.165, 1.54) is 19.3 Å². The zero-order valence-corrected chi connectivity index (χ0v) is 37.5. The van der Waals surface area contributed by atoms with E-state index in [4.69, 9.17) is 10.5 Å². The molecular weight excluding hydrogens is 1090 g/mol. The molecule has 0 amide bonds. The summed E-state index contributed by atoms with van der Waals surface area (Å²) in [5.41, 5.74) is -28.9. The van der Waals surface area contributed by atoms with Gasteiger partial charge in [0.1, 0.15) is 23.9 Å². The highest BCUT2D eigenvalue weighted by Gasteiger charge is 2.47. The van der Waals surface area contributed by atoms with Crippen LogP contribution in [-0.4, -0.2) is 11.1 Å². The van der Waals surface area contributed by atoms with Crippen molar-refractivity contribution in [3.8, 4) is 12.1 Å². The van der Waals surface area contributed by atoms with Crippen LogP contribution in [-0.2, 0) is 56.0 Å². The van der Waals surface area contributed by atoms with E-state index in [1.54, 1.807) is 12.4 Å². The lowest BCUT2D eigenvalue weighted by atomic mass is 9.12. The second-order valence-electron chi connectivity index (χ2n) is 17.1. The topological polar surface area (TPSA) is 64.3 Å². The quantitative estimate of drug-likeness (QED) is 0.0706. The van der Waals surface area contributed by atoms with Gasteiger partial charge in [0.2, 0.25) is 0 Å². The molecule has 76 heavy (non-hydrogen) atoms. The third kappa shape index (κ3) is 13.9. The molecule has 1 heterocycles. The Morgan fingerprint density at radius 3 is 0.855 bits per heavy atom. The molecule has 4 nitrogen and oxygen atoms in total. The highest BCUT2D eigenvalue weighted by atomic mass is 19.4. The lowest BCUT2D eigenvalue weighted by Crippen LogP contribution is -2.75. The first kappa shape index (κ1) is 59.9. The van der Waals surface area contributed by atoms with Crippen molar-refractivity contribution in [2.75, 3.05) is 0 Å². The molecule has 6 rings (SSSR count). The second-order valence-corrected chi connectivity index (χ2v) is 17.1. The Balaban J connectivity index is 0.000000468. The minimum Gasteiger partial charge on any atom is -0.252 e. The fourth-order valence-corrected chi connectivity index (χ4v) is 8.75. The average molecular weight is 1120 g/mol. The van der Waals surface area contributed by atoms with E-state index in [9.17, 15) is 105 Å². The second kappa shape index (κ2) is 21.2. The van der Waals surface area contributed by atoms with Crippen LogP contribution >= 0.6 is 0 Å². The Labute approximate surface area is 412 Å². The Morgan fingerprint density at radius 1 is 0.408 bits per heavy atom. The molecule has 1 fully saturated rings. The Bertz CT molecular complexity index is 2560. The molecule has 0 spiro atoms. The molecule has 1 aliphatic rings. The smallest absolute Gasteiger partial charge is 0.252 e. The molecule has 5 aromatic rings. The van der Waals surface area contributed by atoms with Gasteiger partial charge in [-0.3, -0.25) is 4.98 Å². The number of halogens is 24. The van der Waals surface area contributed by atoms with Gasteiger partial charge in [0, 0.05) is 5.57 Å². The van der Waals surface area contributed by atoms with Crippen LogP contribution in [0.3, 0.4) is 0 Å². The van der Waals surface area contributed by atoms with Crippen LogP contribution in [0.4, 0.5) is 105 Å². The third-order valence-corrected chi connectivity index (χ3v) is 12.1. The average Bonchev–Trinajstić information content (AvgIpc) is 3.30. The zero-order valence-electron chi connectivity index (χ0n) is 37.5. The molecule has 4 aromatic carbocycles. The third-order valence-electron chi connectivity index (χ3n) is 12.1.